The van der Waals surface area contributed by atoms with Gasteiger partial charge in [-0.05, 0) is 45.9 Å². The maximum absolute atomic E-state index is 11.7. The highest BCUT2D eigenvalue weighted by Crippen LogP contribution is 2.17. The Hall–Kier alpha value is -1.75. The smallest absolute Gasteiger partial charge is 0.412 e. The summed E-state index contributed by atoms with van der Waals surface area (Å²) in [6.45, 7) is 8.13. The van der Waals surface area contributed by atoms with Gasteiger partial charge in [0.05, 0.1) is 6.61 Å². The summed E-state index contributed by atoms with van der Waals surface area (Å²) in [5, 5.41) is 6.00. The molecule has 0 bridgehead atoms. The van der Waals surface area contributed by atoms with Crippen molar-refractivity contribution in [1.82, 2.24) is 0 Å². The summed E-state index contributed by atoms with van der Waals surface area (Å²) < 4.78 is 10.3. The molecule has 1 rings (SSSR count). The topological polar surface area (TPSA) is 59.6 Å². The van der Waals surface area contributed by atoms with Crippen LogP contribution in [0.15, 0.2) is 24.3 Å². The second kappa shape index (κ2) is 7.14. The zero-order chi connectivity index (χ0) is 15.2. The quantitative estimate of drug-likeness (QED) is 0.867. The molecule has 0 aromatic heterocycles. The van der Waals surface area contributed by atoms with Crippen LogP contribution >= 0.6 is 0 Å². The molecule has 0 heterocycles. The number of anilines is 2. The van der Waals surface area contributed by atoms with E-state index in [1.807, 2.05) is 52.0 Å². The number of ether oxygens (including phenoxy) is 2. The van der Waals surface area contributed by atoms with Gasteiger partial charge in [0.15, 0.2) is 0 Å². The van der Waals surface area contributed by atoms with E-state index in [1.54, 1.807) is 7.11 Å². The number of nitrogens with one attached hydrogen (secondary N) is 2. The Balaban J connectivity index is 2.62. The molecule has 5 nitrogen and oxygen atoms in total. The molecule has 0 saturated heterocycles. The monoisotopic (exact) mass is 280 g/mol. The Bertz CT molecular complexity index is 441. The normalized spacial score (nSPS) is 12.7. The third-order valence-electron chi connectivity index (χ3n) is 2.34. The molecule has 5 heteroatoms. The number of benzene rings is 1. The molecule has 1 unspecified atom stereocenters. The predicted octanol–water partition coefficient (Wildman–Crippen LogP) is 3.48. The van der Waals surface area contributed by atoms with Crippen LogP contribution in [0.2, 0.25) is 0 Å². The van der Waals surface area contributed by atoms with Crippen molar-refractivity contribution < 1.29 is 14.3 Å². The number of hydrogen-bond donors (Lipinski definition) is 2. The molecule has 0 aliphatic carbocycles. The number of rotatable bonds is 5. The lowest BCUT2D eigenvalue weighted by Crippen LogP contribution is -2.27. The average molecular weight is 280 g/mol. The van der Waals surface area contributed by atoms with Crippen molar-refractivity contribution >= 4 is 17.5 Å². The van der Waals surface area contributed by atoms with E-state index in [0.717, 1.165) is 5.69 Å². The summed E-state index contributed by atoms with van der Waals surface area (Å²) in [4.78, 5) is 11.7. The number of carbonyl (C=O) groups is 1. The third kappa shape index (κ3) is 6.43. The van der Waals surface area contributed by atoms with Gasteiger partial charge in [-0.1, -0.05) is 6.07 Å². The van der Waals surface area contributed by atoms with E-state index >= 15 is 0 Å². The molecular formula is C15H24N2O3. The summed E-state index contributed by atoms with van der Waals surface area (Å²) in [5.41, 5.74) is 1.10. The van der Waals surface area contributed by atoms with Crippen LogP contribution in [-0.2, 0) is 9.47 Å². The van der Waals surface area contributed by atoms with Gasteiger partial charge in [-0.25, -0.2) is 4.79 Å². The van der Waals surface area contributed by atoms with Gasteiger partial charge in [0, 0.05) is 24.5 Å². The predicted molar refractivity (Wildman–Crippen MR) is 81.3 cm³/mol. The second-order valence-electron chi connectivity index (χ2n) is 5.71. The van der Waals surface area contributed by atoms with Gasteiger partial charge >= 0.3 is 6.09 Å². The fraction of sp³-hybridized carbons (Fsp3) is 0.533. The van der Waals surface area contributed by atoms with Gasteiger partial charge in [0.2, 0.25) is 0 Å². The summed E-state index contributed by atoms with van der Waals surface area (Å²) in [7, 11) is 1.67. The molecule has 0 aliphatic rings. The maximum atomic E-state index is 11.7. The highest BCUT2D eigenvalue weighted by Gasteiger charge is 2.16. The van der Waals surface area contributed by atoms with Gasteiger partial charge in [-0.15, -0.1) is 0 Å². The highest BCUT2D eigenvalue weighted by molar-refractivity contribution is 5.85. The van der Waals surface area contributed by atoms with Crippen LogP contribution in [0.5, 0.6) is 0 Å². The van der Waals surface area contributed by atoms with Crippen LogP contribution in [0, 0.1) is 0 Å². The van der Waals surface area contributed by atoms with Crippen molar-refractivity contribution in [3.05, 3.63) is 24.3 Å². The number of carbonyl (C=O) groups excluding carboxylic acids is 1. The molecule has 0 radical (unpaired) electrons. The highest BCUT2D eigenvalue weighted by atomic mass is 16.6. The first-order valence-corrected chi connectivity index (χ1v) is 6.65. The molecule has 1 aromatic rings. The van der Waals surface area contributed by atoms with Gasteiger partial charge in [-0.2, -0.15) is 0 Å². The molecule has 2 N–H and O–H groups in total. The van der Waals surface area contributed by atoms with Crippen molar-refractivity contribution in [2.75, 3.05) is 24.4 Å². The van der Waals surface area contributed by atoms with E-state index in [2.05, 4.69) is 10.6 Å². The van der Waals surface area contributed by atoms with Gasteiger partial charge in [0.25, 0.3) is 0 Å². The van der Waals surface area contributed by atoms with Gasteiger partial charge in [-0.3, -0.25) is 5.32 Å². The second-order valence-corrected chi connectivity index (χ2v) is 5.71. The van der Waals surface area contributed by atoms with Crippen LogP contribution < -0.4 is 10.6 Å². The van der Waals surface area contributed by atoms with Crippen LogP contribution in [0.1, 0.15) is 27.7 Å². The van der Waals surface area contributed by atoms with Crippen molar-refractivity contribution in [3.63, 3.8) is 0 Å². The van der Waals surface area contributed by atoms with Crippen LogP contribution in [-0.4, -0.2) is 31.5 Å². The number of hydrogen-bond acceptors (Lipinski definition) is 4. The Kier molecular flexibility index (Phi) is 5.82. The summed E-state index contributed by atoms with van der Waals surface area (Å²) in [6, 6.07) is 7.67. The third-order valence-corrected chi connectivity index (χ3v) is 2.34. The molecule has 1 atom stereocenters. The van der Waals surface area contributed by atoms with E-state index < -0.39 is 11.7 Å². The maximum Gasteiger partial charge on any atom is 0.412 e. The van der Waals surface area contributed by atoms with E-state index in [9.17, 15) is 4.79 Å². The summed E-state index contributed by atoms with van der Waals surface area (Å²) in [5.74, 6) is 0. The molecule has 0 spiro atoms. The van der Waals surface area contributed by atoms with E-state index in [4.69, 9.17) is 9.47 Å². The average Bonchev–Trinajstić information content (AvgIpc) is 2.26. The SMILES string of the molecule is COCC(C)Nc1cccc(NC(=O)OC(C)(C)C)c1. The lowest BCUT2D eigenvalue weighted by atomic mass is 10.2. The first-order valence-electron chi connectivity index (χ1n) is 6.65. The minimum Gasteiger partial charge on any atom is -0.444 e. The lowest BCUT2D eigenvalue weighted by molar-refractivity contribution is 0.0636. The van der Waals surface area contributed by atoms with Gasteiger partial charge < -0.3 is 14.8 Å². The lowest BCUT2D eigenvalue weighted by Gasteiger charge is -2.20. The number of methoxy groups -OCH3 is 1. The zero-order valence-electron chi connectivity index (χ0n) is 12.8. The molecule has 0 fully saturated rings. The van der Waals surface area contributed by atoms with Crippen molar-refractivity contribution in [1.29, 1.82) is 0 Å². The Morgan fingerprint density at radius 1 is 1.30 bits per heavy atom. The minimum atomic E-state index is -0.507. The molecule has 112 valence electrons. The fourth-order valence-corrected chi connectivity index (χ4v) is 1.68. The van der Waals surface area contributed by atoms with Gasteiger partial charge in [0.1, 0.15) is 5.60 Å². The van der Waals surface area contributed by atoms with Crippen molar-refractivity contribution in [2.45, 2.75) is 39.3 Å². The van der Waals surface area contributed by atoms with Crippen LogP contribution in [0.25, 0.3) is 0 Å². The molecule has 20 heavy (non-hydrogen) atoms. The standard InChI is InChI=1S/C15H24N2O3/c1-11(10-19-5)16-12-7-6-8-13(9-12)17-14(18)20-15(2,3)4/h6-9,11,16H,10H2,1-5H3,(H,17,18). The summed E-state index contributed by atoms with van der Waals surface area (Å²) in [6.07, 6.45) is -0.459. The minimum absolute atomic E-state index is 0.191. The Morgan fingerprint density at radius 3 is 2.55 bits per heavy atom. The number of amides is 1. The molecule has 0 aliphatic heterocycles. The molecule has 1 amide bonds. The Labute approximate surface area is 120 Å². The first-order chi connectivity index (χ1) is 9.30. The van der Waals surface area contributed by atoms with Crippen molar-refractivity contribution in [3.8, 4) is 0 Å². The largest absolute Gasteiger partial charge is 0.444 e. The first kappa shape index (κ1) is 16.3. The summed E-state index contributed by atoms with van der Waals surface area (Å²) >= 11 is 0. The molecular weight excluding hydrogens is 256 g/mol. The Morgan fingerprint density at radius 2 is 1.95 bits per heavy atom. The van der Waals surface area contributed by atoms with E-state index in [0.29, 0.717) is 12.3 Å². The van der Waals surface area contributed by atoms with Crippen molar-refractivity contribution in [2.24, 2.45) is 0 Å². The van der Waals surface area contributed by atoms with E-state index in [1.165, 1.54) is 0 Å². The van der Waals surface area contributed by atoms with E-state index in [-0.39, 0.29) is 6.04 Å². The van der Waals surface area contributed by atoms with Crippen LogP contribution in [0.4, 0.5) is 16.2 Å². The van der Waals surface area contributed by atoms with Crippen LogP contribution in [0.3, 0.4) is 0 Å². The fourth-order valence-electron chi connectivity index (χ4n) is 1.68. The molecule has 0 saturated carbocycles. The zero-order valence-corrected chi connectivity index (χ0v) is 12.8. The molecule has 1 aromatic carbocycles.